The van der Waals surface area contributed by atoms with Crippen molar-refractivity contribution in [2.24, 2.45) is 0 Å². The Morgan fingerprint density at radius 3 is 2.38 bits per heavy atom. The van der Waals surface area contributed by atoms with Crippen LogP contribution in [0.15, 0.2) is 77.2 Å². The van der Waals surface area contributed by atoms with Gasteiger partial charge in [-0.1, -0.05) is 42.5 Å². The Morgan fingerprint density at radius 2 is 1.42 bits per heavy atom. The molecule has 0 saturated carbocycles. The molecule has 0 aliphatic carbocycles. The van der Waals surface area contributed by atoms with Gasteiger partial charge in [-0.3, -0.25) is 0 Å². The van der Waals surface area contributed by atoms with E-state index in [2.05, 4.69) is 65.6 Å². The molecule has 2 aromatic heterocycles. The van der Waals surface area contributed by atoms with Crippen LogP contribution in [-0.4, -0.2) is 4.98 Å². The summed E-state index contributed by atoms with van der Waals surface area (Å²) >= 11 is 0. The zero-order valence-electron chi connectivity index (χ0n) is 12.8. The molecular weight excluding hydrogens is 294 g/mol. The highest BCUT2D eigenvalue weighted by Crippen LogP contribution is 2.37. The number of para-hydroxylation sites is 2. The number of fused-ring (bicyclic) bond motifs is 8. The zero-order valence-corrected chi connectivity index (χ0v) is 12.8. The Bertz CT molecular complexity index is 1400. The van der Waals surface area contributed by atoms with Crippen molar-refractivity contribution < 1.29 is 4.42 Å². The molecule has 24 heavy (non-hydrogen) atoms. The molecule has 0 fully saturated rings. The van der Waals surface area contributed by atoms with Crippen molar-refractivity contribution in [1.29, 1.82) is 0 Å². The summed E-state index contributed by atoms with van der Waals surface area (Å²) in [5.74, 6) is 0. The zero-order chi connectivity index (χ0) is 15.7. The predicted octanol–water partition coefficient (Wildman–Crippen LogP) is 6.37. The van der Waals surface area contributed by atoms with Crippen molar-refractivity contribution in [2.75, 3.05) is 0 Å². The molecule has 0 bridgehead atoms. The van der Waals surface area contributed by atoms with E-state index >= 15 is 0 Å². The third-order valence-electron chi connectivity index (χ3n) is 4.98. The number of aromatic nitrogens is 1. The maximum atomic E-state index is 6.03. The SMILES string of the molecule is c1ccc2c(c1)[nH]c1cc3ccc4oc5ccccc5c4c3cc12. The van der Waals surface area contributed by atoms with Crippen LogP contribution in [0.4, 0.5) is 0 Å². The summed E-state index contributed by atoms with van der Waals surface area (Å²) in [5, 5.41) is 7.38. The van der Waals surface area contributed by atoms with Gasteiger partial charge >= 0.3 is 0 Å². The number of hydrogen-bond acceptors (Lipinski definition) is 1. The molecule has 0 unspecified atom stereocenters. The highest BCUT2D eigenvalue weighted by atomic mass is 16.3. The average molecular weight is 307 g/mol. The van der Waals surface area contributed by atoms with Crippen molar-refractivity contribution >= 4 is 54.5 Å². The largest absolute Gasteiger partial charge is 0.456 e. The van der Waals surface area contributed by atoms with Gasteiger partial charge in [0.25, 0.3) is 0 Å². The first-order chi connectivity index (χ1) is 11.9. The van der Waals surface area contributed by atoms with E-state index in [1.165, 1.54) is 43.4 Å². The molecule has 0 saturated heterocycles. The fourth-order valence-electron chi connectivity index (χ4n) is 3.89. The van der Waals surface area contributed by atoms with Crippen molar-refractivity contribution in [3.8, 4) is 0 Å². The first kappa shape index (κ1) is 12.2. The molecule has 2 heteroatoms. The van der Waals surface area contributed by atoms with Crippen molar-refractivity contribution in [3.05, 3.63) is 72.8 Å². The molecule has 0 radical (unpaired) electrons. The second-order valence-corrected chi connectivity index (χ2v) is 6.33. The van der Waals surface area contributed by atoms with Crippen molar-refractivity contribution in [2.45, 2.75) is 0 Å². The molecular formula is C22H13NO. The normalized spacial score (nSPS) is 12.2. The summed E-state index contributed by atoms with van der Waals surface area (Å²) in [6, 6.07) is 25.5. The van der Waals surface area contributed by atoms with Gasteiger partial charge in [-0.15, -0.1) is 0 Å². The topological polar surface area (TPSA) is 28.9 Å². The quantitative estimate of drug-likeness (QED) is 0.347. The molecule has 0 spiro atoms. The lowest BCUT2D eigenvalue weighted by Gasteiger charge is -2.01. The molecule has 0 amide bonds. The Hall–Kier alpha value is -3.26. The van der Waals surface area contributed by atoms with Gasteiger partial charge in [0.1, 0.15) is 11.2 Å². The lowest BCUT2D eigenvalue weighted by atomic mass is 10.0. The minimum Gasteiger partial charge on any atom is -0.456 e. The third-order valence-corrected chi connectivity index (χ3v) is 4.98. The van der Waals surface area contributed by atoms with Gasteiger partial charge in [0, 0.05) is 32.6 Å². The second kappa shape index (κ2) is 4.18. The number of nitrogens with one attached hydrogen (secondary N) is 1. The fraction of sp³-hybridized carbons (Fsp3) is 0. The number of rotatable bonds is 0. The number of H-pyrrole nitrogens is 1. The Labute approximate surface area is 137 Å². The lowest BCUT2D eigenvalue weighted by Crippen LogP contribution is -1.76. The third kappa shape index (κ3) is 1.45. The van der Waals surface area contributed by atoms with Gasteiger partial charge < -0.3 is 9.40 Å². The molecule has 4 aromatic carbocycles. The van der Waals surface area contributed by atoms with Gasteiger partial charge in [0.15, 0.2) is 0 Å². The molecule has 0 aliphatic rings. The maximum Gasteiger partial charge on any atom is 0.136 e. The fourth-order valence-corrected chi connectivity index (χ4v) is 3.89. The van der Waals surface area contributed by atoms with E-state index in [4.69, 9.17) is 4.42 Å². The van der Waals surface area contributed by atoms with Gasteiger partial charge in [0.2, 0.25) is 0 Å². The van der Waals surface area contributed by atoms with Gasteiger partial charge in [-0.25, -0.2) is 0 Å². The van der Waals surface area contributed by atoms with E-state index in [1.54, 1.807) is 0 Å². The van der Waals surface area contributed by atoms with Crippen LogP contribution in [0.2, 0.25) is 0 Å². The predicted molar refractivity (Wildman–Crippen MR) is 101 cm³/mol. The van der Waals surface area contributed by atoms with Crippen molar-refractivity contribution in [3.63, 3.8) is 0 Å². The lowest BCUT2D eigenvalue weighted by molar-refractivity contribution is 0.669. The number of aromatic amines is 1. The molecule has 6 aromatic rings. The van der Waals surface area contributed by atoms with Crippen LogP contribution in [0.25, 0.3) is 54.5 Å². The molecule has 0 aliphatic heterocycles. The van der Waals surface area contributed by atoms with E-state index in [1.807, 2.05) is 12.1 Å². The van der Waals surface area contributed by atoms with Crippen LogP contribution in [-0.2, 0) is 0 Å². The Balaban J connectivity index is 1.90. The van der Waals surface area contributed by atoms with Crippen LogP contribution < -0.4 is 0 Å². The highest BCUT2D eigenvalue weighted by Gasteiger charge is 2.12. The molecule has 112 valence electrons. The molecule has 2 nitrogen and oxygen atoms in total. The summed E-state index contributed by atoms with van der Waals surface area (Å²) in [4.78, 5) is 3.53. The van der Waals surface area contributed by atoms with Gasteiger partial charge in [0.05, 0.1) is 0 Å². The molecule has 6 rings (SSSR count). The number of benzene rings is 4. The van der Waals surface area contributed by atoms with Crippen LogP contribution in [0, 0.1) is 0 Å². The summed E-state index contributed by atoms with van der Waals surface area (Å²) in [7, 11) is 0. The van der Waals surface area contributed by atoms with E-state index in [0.717, 1.165) is 11.2 Å². The van der Waals surface area contributed by atoms with Crippen LogP contribution in [0.5, 0.6) is 0 Å². The number of furan rings is 1. The molecule has 2 heterocycles. The van der Waals surface area contributed by atoms with Crippen LogP contribution in [0.3, 0.4) is 0 Å². The Kier molecular flexibility index (Phi) is 2.12. The Morgan fingerprint density at radius 1 is 0.583 bits per heavy atom. The highest BCUT2D eigenvalue weighted by molar-refractivity contribution is 6.22. The molecule has 0 atom stereocenters. The summed E-state index contributed by atoms with van der Waals surface area (Å²) in [6.07, 6.45) is 0. The van der Waals surface area contributed by atoms with Gasteiger partial charge in [-0.2, -0.15) is 0 Å². The smallest absolute Gasteiger partial charge is 0.136 e. The van der Waals surface area contributed by atoms with Crippen LogP contribution >= 0.6 is 0 Å². The standard InChI is InChI=1S/C22H13NO/c1-3-7-18-14(5-1)17-12-16-13(11-19(17)23-18)9-10-21-22(16)15-6-2-4-8-20(15)24-21/h1-12,23H. The first-order valence-corrected chi connectivity index (χ1v) is 8.13. The van der Waals surface area contributed by atoms with Crippen LogP contribution in [0.1, 0.15) is 0 Å². The van der Waals surface area contributed by atoms with Gasteiger partial charge in [-0.05, 0) is 41.1 Å². The summed E-state index contributed by atoms with van der Waals surface area (Å²) < 4.78 is 6.03. The maximum absolute atomic E-state index is 6.03. The van der Waals surface area contributed by atoms with E-state index in [9.17, 15) is 0 Å². The summed E-state index contributed by atoms with van der Waals surface area (Å²) in [5.41, 5.74) is 4.24. The average Bonchev–Trinajstić information content (AvgIpc) is 3.17. The number of hydrogen-bond donors (Lipinski definition) is 1. The monoisotopic (exact) mass is 307 g/mol. The van der Waals surface area contributed by atoms with Crippen molar-refractivity contribution in [1.82, 2.24) is 4.98 Å². The molecule has 1 N–H and O–H groups in total. The van der Waals surface area contributed by atoms with E-state index in [0.29, 0.717) is 0 Å². The van der Waals surface area contributed by atoms with E-state index in [-0.39, 0.29) is 0 Å². The second-order valence-electron chi connectivity index (χ2n) is 6.33. The first-order valence-electron chi connectivity index (χ1n) is 8.13. The van der Waals surface area contributed by atoms with E-state index < -0.39 is 0 Å². The minimum absolute atomic E-state index is 0.944. The minimum atomic E-state index is 0.944. The summed E-state index contributed by atoms with van der Waals surface area (Å²) in [6.45, 7) is 0.